The van der Waals surface area contributed by atoms with Crippen LogP contribution >= 0.6 is 0 Å². The summed E-state index contributed by atoms with van der Waals surface area (Å²) < 4.78 is 1.89. The van der Waals surface area contributed by atoms with E-state index in [9.17, 15) is 0 Å². The molecule has 0 bridgehead atoms. The fraction of sp³-hybridized carbons (Fsp3) is 0.786. The van der Waals surface area contributed by atoms with Gasteiger partial charge in [-0.3, -0.25) is 4.68 Å². The SMILES string of the molecule is CCCCC(C)C(NCCC)c1cnn(C)c1. The third-order valence-corrected chi connectivity index (χ3v) is 3.28. The summed E-state index contributed by atoms with van der Waals surface area (Å²) in [6.07, 6.45) is 9.18. The smallest absolute Gasteiger partial charge is 0.0537 e. The molecular weight excluding hydrogens is 210 g/mol. The minimum Gasteiger partial charge on any atom is -0.310 e. The van der Waals surface area contributed by atoms with Crippen molar-refractivity contribution in [1.29, 1.82) is 0 Å². The minimum atomic E-state index is 0.454. The van der Waals surface area contributed by atoms with E-state index in [2.05, 4.69) is 37.4 Å². The molecule has 0 saturated carbocycles. The molecule has 0 spiro atoms. The molecule has 1 heterocycles. The molecule has 98 valence electrons. The molecule has 0 aromatic carbocycles. The second-order valence-corrected chi connectivity index (χ2v) is 5.00. The summed E-state index contributed by atoms with van der Waals surface area (Å²) in [4.78, 5) is 0. The highest BCUT2D eigenvalue weighted by molar-refractivity contribution is 5.11. The van der Waals surface area contributed by atoms with E-state index in [4.69, 9.17) is 0 Å². The van der Waals surface area contributed by atoms with Crippen LogP contribution in [0.1, 0.15) is 58.1 Å². The van der Waals surface area contributed by atoms with Crippen molar-refractivity contribution in [2.45, 2.75) is 52.5 Å². The maximum absolute atomic E-state index is 4.28. The van der Waals surface area contributed by atoms with Crippen molar-refractivity contribution in [3.8, 4) is 0 Å². The van der Waals surface area contributed by atoms with Gasteiger partial charge in [-0.2, -0.15) is 5.10 Å². The first kappa shape index (κ1) is 14.2. The van der Waals surface area contributed by atoms with Crippen molar-refractivity contribution in [2.24, 2.45) is 13.0 Å². The van der Waals surface area contributed by atoms with Crippen LogP contribution in [-0.4, -0.2) is 16.3 Å². The number of rotatable bonds is 8. The lowest BCUT2D eigenvalue weighted by molar-refractivity contribution is 0.357. The Labute approximate surface area is 106 Å². The molecule has 0 fully saturated rings. The normalized spacial score (nSPS) is 14.8. The van der Waals surface area contributed by atoms with E-state index in [0.717, 1.165) is 6.54 Å². The van der Waals surface area contributed by atoms with Gasteiger partial charge < -0.3 is 5.32 Å². The molecule has 0 aliphatic rings. The molecule has 1 aromatic rings. The third-order valence-electron chi connectivity index (χ3n) is 3.28. The van der Waals surface area contributed by atoms with Crippen molar-refractivity contribution in [2.75, 3.05) is 6.54 Å². The van der Waals surface area contributed by atoms with Crippen molar-refractivity contribution in [3.63, 3.8) is 0 Å². The van der Waals surface area contributed by atoms with Crippen LogP contribution in [-0.2, 0) is 7.05 Å². The van der Waals surface area contributed by atoms with E-state index < -0.39 is 0 Å². The Kier molecular flexibility index (Phi) is 6.27. The van der Waals surface area contributed by atoms with E-state index in [1.165, 1.54) is 31.2 Å². The molecule has 0 saturated heterocycles. The molecular formula is C14H27N3. The zero-order valence-electron chi connectivity index (χ0n) is 11.7. The van der Waals surface area contributed by atoms with E-state index in [0.29, 0.717) is 12.0 Å². The molecule has 0 amide bonds. The predicted octanol–water partition coefficient (Wildman–Crippen LogP) is 3.29. The highest BCUT2D eigenvalue weighted by atomic mass is 15.2. The zero-order chi connectivity index (χ0) is 12.7. The number of nitrogens with zero attached hydrogens (tertiary/aromatic N) is 2. The average molecular weight is 237 g/mol. The van der Waals surface area contributed by atoms with Gasteiger partial charge in [0.05, 0.1) is 6.20 Å². The van der Waals surface area contributed by atoms with E-state index in [1.807, 2.05) is 17.9 Å². The average Bonchev–Trinajstić information content (AvgIpc) is 2.73. The number of hydrogen-bond donors (Lipinski definition) is 1. The molecule has 0 radical (unpaired) electrons. The van der Waals surface area contributed by atoms with Crippen LogP contribution in [0.25, 0.3) is 0 Å². The second kappa shape index (κ2) is 7.49. The summed E-state index contributed by atoms with van der Waals surface area (Å²) >= 11 is 0. The topological polar surface area (TPSA) is 29.9 Å². The highest BCUT2D eigenvalue weighted by Gasteiger charge is 2.19. The molecule has 1 rings (SSSR count). The van der Waals surface area contributed by atoms with E-state index >= 15 is 0 Å². The Hall–Kier alpha value is -0.830. The monoisotopic (exact) mass is 237 g/mol. The molecule has 1 N–H and O–H groups in total. The van der Waals surface area contributed by atoms with Gasteiger partial charge >= 0.3 is 0 Å². The molecule has 0 aliphatic carbocycles. The first-order valence-electron chi connectivity index (χ1n) is 6.91. The number of unbranched alkanes of at least 4 members (excludes halogenated alkanes) is 1. The fourth-order valence-electron chi connectivity index (χ4n) is 2.24. The van der Waals surface area contributed by atoms with Gasteiger partial charge in [0.15, 0.2) is 0 Å². The van der Waals surface area contributed by atoms with Crippen molar-refractivity contribution >= 4 is 0 Å². The van der Waals surface area contributed by atoms with E-state index in [1.54, 1.807) is 0 Å². The molecule has 1 aromatic heterocycles. The summed E-state index contributed by atoms with van der Waals surface area (Å²) in [6, 6.07) is 0.454. The quantitative estimate of drug-likeness (QED) is 0.752. The standard InChI is InChI=1S/C14H27N3/c1-5-7-8-12(3)14(15-9-6-2)13-10-16-17(4)11-13/h10-12,14-15H,5-9H2,1-4H3. The van der Waals surface area contributed by atoms with Gasteiger partial charge in [-0.25, -0.2) is 0 Å². The van der Waals surface area contributed by atoms with Gasteiger partial charge in [0.1, 0.15) is 0 Å². The van der Waals surface area contributed by atoms with Crippen LogP contribution < -0.4 is 5.32 Å². The first-order chi connectivity index (χ1) is 8.19. The lowest BCUT2D eigenvalue weighted by Crippen LogP contribution is -2.27. The van der Waals surface area contributed by atoms with E-state index in [-0.39, 0.29) is 0 Å². The largest absolute Gasteiger partial charge is 0.310 e. The van der Waals surface area contributed by atoms with Gasteiger partial charge in [0, 0.05) is 24.8 Å². The maximum atomic E-state index is 4.28. The molecule has 3 heteroatoms. The lowest BCUT2D eigenvalue weighted by Gasteiger charge is -2.24. The number of nitrogens with one attached hydrogen (secondary N) is 1. The second-order valence-electron chi connectivity index (χ2n) is 5.00. The lowest BCUT2D eigenvalue weighted by atomic mass is 9.92. The predicted molar refractivity (Wildman–Crippen MR) is 72.9 cm³/mol. The summed E-state index contributed by atoms with van der Waals surface area (Å²) in [5.41, 5.74) is 1.32. The molecule has 0 aliphatic heterocycles. The summed E-state index contributed by atoms with van der Waals surface area (Å²) in [5.74, 6) is 0.672. The van der Waals surface area contributed by atoms with Crippen LogP contribution in [0.2, 0.25) is 0 Å². The summed E-state index contributed by atoms with van der Waals surface area (Å²) in [5, 5.41) is 7.94. The van der Waals surface area contributed by atoms with Gasteiger partial charge in [-0.05, 0) is 25.3 Å². The van der Waals surface area contributed by atoms with Crippen molar-refractivity contribution in [3.05, 3.63) is 18.0 Å². The number of aryl methyl sites for hydroxylation is 1. The Balaban J connectivity index is 2.65. The molecule has 2 unspecified atom stereocenters. The van der Waals surface area contributed by atoms with Crippen LogP contribution in [0.5, 0.6) is 0 Å². The Bertz CT molecular complexity index is 306. The Morgan fingerprint density at radius 1 is 1.35 bits per heavy atom. The van der Waals surface area contributed by atoms with Crippen molar-refractivity contribution < 1.29 is 0 Å². The van der Waals surface area contributed by atoms with Gasteiger partial charge in [-0.1, -0.05) is 33.6 Å². The Morgan fingerprint density at radius 3 is 2.65 bits per heavy atom. The van der Waals surface area contributed by atoms with Crippen molar-refractivity contribution in [1.82, 2.24) is 15.1 Å². The minimum absolute atomic E-state index is 0.454. The molecule has 3 nitrogen and oxygen atoms in total. The van der Waals surface area contributed by atoms with Crippen LogP contribution in [0.15, 0.2) is 12.4 Å². The maximum Gasteiger partial charge on any atom is 0.0537 e. The Morgan fingerprint density at radius 2 is 2.12 bits per heavy atom. The summed E-state index contributed by atoms with van der Waals surface area (Å²) in [7, 11) is 1.98. The van der Waals surface area contributed by atoms with Gasteiger partial charge in [0.2, 0.25) is 0 Å². The summed E-state index contributed by atoms with van der Waals surface area (Å²) in [6.45, 7) is 7.89. The first-order valence-corrected chi connectivity index (χ1v) is 6.91. The number of aromatic nitrogens is 2. The third kappa shape index (κ3) is 4.50. The van der Waals surface area contributed by atoms with Crippen LogP contribution in [0.4, 0.5) is 0 Å². The van der Waals surface area contributed by atoms with Crippen LogP contribution in [0, 0.1) is 5.92 Å². The molecule has 2 atom stereocenters. The molecule has 17 heavy (non-hydrogen) atoms. The van der Waals surface area contributed by atoms with Crippen LogP contribution in [0.3, 0.4) is 0 Å². The highest BCUT2D eigenvalue weighted by Crippen LogP contribution is 2.25. The van der Waals surface area contributed by atoms with Gasteiger partial charge in [-0.15, -0.1) is 0 Å². The zero-order valence-corrected chi connectivity index (χ0v) is 11.7. The number of hydrogen-bond acceptors (Lipinski definition) is 2. The fourth-order valence-corrected chi connectivity index (χ4v) is 2.24. The van der Waals surface area contributed by atoms with Gasteiger partial charge in [0.25, 0.3) is 0 Å².